The number of benzene rings is 1. The van der Waals surface area contributed by atoms with E-state index in [1.54, 1.807) is 6.21 Å². The van der Waals surface area contributed by atoms with E-state index < -0.39 is 0 Å². The van der Waals surface area contributed by atoms with E-state index >= 15 is 0 Å². The van der Waals surface area contributed by atoms with Crippen molar-refractivity contribution in [2.24, 2.45) is 17.0 Å². The van der Waals surface area contributed by atoms with Crippen LogP contribution in [0.15, 0.2) is 35.5 Å². The molecular weight excluding hydrogens is 228 g/mol. The Morgan fingerprint density at radius 3 is 2.72 bits per heavy atom. The second-order valence-electron chi connectivity index (χ2n) is 4.99. The molecule has 0 radical (unpaired) electrons. The fraction of sp³-hybridized carbons (Fsp3) is 0.500. The number of hydrogen-bond donors (Lipinski definition) is 2. The van der Waals surface area contributed by atoms with Crippen LogP contribution in [0.4, 0.5) is 0 Å². The average molecular weight is 248 g/mol. The lowest BCUT2D eigenvalue weighted by Gasteiger charge is -2.35. The second kappa shape index (κ2) is 6.52. The maximum absolute atomic E-state index is 9.33. The molecule has 1 aromatic carbocycles. The Labute approximate surface area is 108 Å². The van der Waals surface area contributed by atoms with Crippen molar-refractivity contribution < 1.29 is 10.3 Å². The fourth-order valence-electron chi connectivity index (χ4n) is 2.65. The van der Waals surface area contributed by atoms with Gasteiger partial charge in [-0.25, -0.2) is 0 Å². The molecule has 1 saturated heterocycles. The van der Waals surface area contributed by atoms with E-state index in [0.717, 1.165) is 26.1 Å². The summed E-state index contributed by atoms with van der Waals surface area (Å²) < 4.78 is 0. The van der Waals surface area contributed by atoms with Crippen LogP contribution in [0.25, 0.3) is 0 Å². The van der Waals surface area contributed by atoms with E-state index in [0.29, 0.717) is 0 Å². The average Bonchev–Trinajstić information content (AvgIpc) is 2.40. The first-order valence-electron chi connectivity index (χ1n) is 6.36. The topological polar surface area (TPSA) is 56.1 Å². The molecule has 0 spiro atoms. The van der Waals surface area contributed by atoms with E-state index in [4.69, 9.17) is 5.21 Å². The lowest BCUT2D eigenvalue weighted by Crippen LogP contribution is -2.41. The molecule has 0 amide bonds. The van der Waals surface area contributed by atoms with Crippen molar-refractivity contribution in [2.75, 3.05) is 19.7 Å². The SMILES string of the molecule is OCC1CC(/C=N/O)CN(Cc2ccccc2)C1. The van der Waals surface area contributed by atoms with Crippen LogP contribution in [0.3, 0.4) is 0 Å². The summed E-state index contributed by atoms with van der Waals surface area (Å²) in [4.78, 5) is 2.31. The number of oxime groups is 1. The standard InChI is InChI=1S/C14H20N2O2/c17-11-14-6-13(7-15-18)9-16(10-14)8-12-4-2-1-3-5-12/h1-5,7,13-14,17-18H,6,8-11H2/b15-7+. The molecule has 18 heavy (non-hydrogen) atoms. The summed E-state index contributed by atoms with van der Waals surface area (Å²) in [5.41, 5.74) is 1.27. The lowest BCUT2D eigenvalue weighted by molar-refractivity contribution is 0.0994. The third kappa shape index (κ3) is 3.55. The molecule has 0 saturated carbocycles. The van der Waals surface area contributed by atoms with Gasteiger partial charge in [0.05, 0.1) is 0 Å². The number of aliphatic hydroxyl groups is 1. The van der Waals surface area contributed by atoms with Crippen molar-refractivity contribution in [3.05, 3.63) is 35.9 Å². The first-order valence-corrected chi connectivity index (χ1v) is 6.36. The minimum Gasteiger partial charge on any atom is -0.411 e. The summed E-state index contributed by atoms with van der Waals surface area (Å²) in [6.07, 6.45) is 2.48. The van der Waals surface area contributed by atoms with Gasteiger partial charge in [-0.3, -0.25) is 4.90 Å². The van der Waals surface area contributed by atoms with Crippen LogP contribution in [-0.4, -0.2) is 41.1 Å². The zero-order chi connectivity index (χ0) is 12.8. The highest BCUT2D eigenvalue weighted by Gasteiger charge is 2.25. The Bertz CT molecular complexity index is 381. The predicted octanol–water partition coefficient (Wildman–Crippen LogP) is 1.58. The Kier molecular flexibility index (Phi) is 4.73. The van der Waals surface area contributed by atoms with Crippen molar-refractivity contribution in [1.29, 1.82) is 0 Å². The number of piperidine rings is 1. The zero-order valence-electron chi connectivity index (χ0n) is 10.4. The summed E-state index contributed by atoms with van der Waals surface area (Å²) in [6.45, 7) is 2.87. The van der Waals surface area contributed by atoms with Crippen molar-refractivity contribution >= 4 is 6.21 Å². The molecule has 1 heterocycles. The van der Waals surface area contributed by atoms with Crippen LogP contribution >= 0.6 is 0 Å². The van der Waals surface area contributed by atoms with Gasteiger partial charge in [-0.05, 0) is 17.9 Å². The number of rotatable bonds is 4. The van der Waals surface area contributed by atoms with Gasteiger partial charge < -0.3 is 10.3 Å². The Morgan fingerprint density at radius 2 is 2.06 bits per heavy atom. The predicted molar refractivity (Wildman–Crippen MR) is 70.7 cm³/mol. The Morgan fingerprint density at radius 1 is 1.28 bits per heavy atom. The van der Waals surface area contributed by atoms with Crippen molar-refractivity contribution in [3.8, 4) is 0 Å². The van der Waals surface area contributed by atoms with Gasteiger partial charge in [-0.2, -0.15) is 0 Å². The minimum atomic E-state index is 0.195. The number of aliphatic hydroxyl groups excluding tert-OH is 1. The first kappa shape index (κ1) is 13.1. The highest BCUT2D eigenvalue weighted by atomic mass is 16.4. The van der Waals surface area contributed by atoms with E-state index in [1.807, 2.05) is 18.2 Å². The van der Waals surface area contributed by atoms with E-state index in [9.17, 15) is 5.11 Å². The molecule has 4 heteroatoms. The molecule has 2 atom stereocenters. The third-order valence-corrected chi connectivity index (χ3v) is 3.43. The van der Waals surface area contributed by atoms with Crippen molar-refractivity contribution in [1.82, 2.24) is 4.90 Å². The number of nitrogens with zero attached hydrogens (tertiary/aromatic N) is 2. The van der Waals surface area contributed by atoms with Crippen LogP contribution in [0.1, 0.15) is 12.0 Å². The maximum atomic E-state index is 9.33. The number of hydrogen-bond acceptors (Lipinski definition) is 4. The summed E-state index contributed by atoms with van der Waals surface area (Å²) in [7, 11) is 0. The van der Waals surface area contributed by atoms with E-state index in [2.05, 4.69) is 22.2 Å². The molecule has 1 aliphatic heterocycles. The van der Waals surface area contributed by atoms with Gasteiger partial charge in [0.15, 0.2) is 0 Å². The van der Waals surface area contributed by atoms with Crippen LogP contribution in [-0.2, 0) is 6.54 Å². The zero-order valence-corrected chi connectivity index (χ0v) is 10.4. The van der Waals surface area contributed by atoms with Gasteiger partial charge in [0, 0.05) is 38.4 Å². The molecule has 4 nitrogen and oxygen atoms in total. The molecule has 0 aliphatic carbocycles. The molecule has 98 valence electrons. The van der Waals surface area contributed by atoms with Gasteiger partial charge in [0.2, 0.25) is 0 Å². The largest absolute Gasteiger partial charge is 0.411 e. The maximum Gasteiger partial charge on any atom is 0.0479 e. The van der Waals surface area contributed by atoms with Gasteiger partial charge in [0.1, 0.15) is 0 Å². The summed E-state index contributed by atoms with van der Waals surface area (Å²) in [5, 5.41) is 21.1. The fourth-order valence-corrected chi connectivity index (χ4v) is 2.65. The molecule has 1 fully saturated rings. The third-order valence-electron chi connectivity index (χ3n) is 3.43. The number of likely N-dealkylation sites (tertiary alicyclic amines) is 1. The molecule has 1 aliphatic rings. The normalized spacial score (nSPS) is 25.6. The van der Waals surface area contributed by atoms with E-state index in [1.165, 1.54) is 5.56 Å². The highest BCUT2D eigenvalue weighted by Crippen LogP contribution is 2.22. The molecule has 0 bridgehead atoms. The van der Waals surface area contributed by atoms with Crippen molar-refractivity contribution in [3.63, 3.8) is 0 Å². The molecule has 2 unspecified atom stereocenters. The molecule has 1 aromatic rings. The van der Waals surface area contributed by atoms with Crippen LogP contribution in [0.2, 0.25) is 0 Å². The second-order valence-corrected chi connectivity index (χ2v) is 4.99. The molecule has 0 aromatic heterocycles. The molecule has 2 N–H and O–H groups in total. The molecular formula is C14H20N2O2. The Balaban J connectivity index is 1.98. The molecule has 2 rings (SSSR count). The van der Waals surface area contributed by atoms with Gasteiger partial charge in [-0.15, -0.1) is 5.16 Å². The van der Waals surface area contributed by atoms with Gasteiger partial charge in [-0.1, -0.05) is 30.3 Å². The minimum absolute atomic E-state index is 0.195. The van der Waals surface area contributed by atoms with Crippen LogP contribution in [0, 0.1) is 11.8 Å². The monoisotopic (exact) mass is 248 g/mol. The summed E-state index contributed by atoms with van der Waals surface area (Å²) in [5.74, 6) is 0.495. The Hall–Kier alpha value is -1.39. The van der Waals surface area contributed by atoms with Crippen LogP contribution < -0.4 is 0 Å². The van der Waals surface area contributed by atoms with Crippen molar-refractivity contribution in [2.45, 2.75) is 13.0 Å². The van der Waals surface area contributed by atoms with Gasteiger partial charge in [0.25, 0.3) is 0 Å². The van der Waals surface area contributed by atoms with Gasteiger partial charge >= 0.3 is 0 Å². The summed E-state index contributed by atoms with van der Waals surface area (Å²) in [6, 6.07) is 10.3. The smallest absolute Gasteiger partial charge is 0.0479 e. The highest BCUT2D eigenvalue weighted by molar-refractivity contribution is 5.60. The quantitative estimate of drug-likeness (QED) is 0.483. The summed E-state index contributed by atoms with van der Waals surface area (Å²) >= 11 is 0. The van der Waals surface area contributed by atoms with E-state index in [-0.39, 0.29) is 18.4 Å². The first-order chi connectivity index (χ1) is 8.81. The lowest BCUT2D eigenvalue weighted by atomic mass is 9.90. The van der Waals surface area contributed by atoms with Crippen LogP contribution in [0.5, 0.6) is 0 Å².